The molecule has 0 unspecified atom stereocenters. The summed E-state index contributed by atoms with van der Waals surface area (Å²) in [6, 6.07) is 5.05. The third-order valence-corrected chi connectivity index (χ3v) is 4.86. The van der Waals surface area contributed by atoms with Gasteiger partial charge < -0.3 is 19.5 Å². The summed E-state index contributed by atoms with van der Waals surface area (Å²) in [5.74, 6) is -0.573. The fourth-order valence-electron chi connectivity index (χ4n) is 3.48. The maximum atomic E-state index is 12.6. The molecule has 1 aromatic rings. The van der Waals surface area contributed by atoms with Crippen molar-refractivity contribution in [2.75, 3.05) is 13.1 Å². The second-order valence-electron chi connectivity index (χ2n) is 8.28. The molecule has 150 valence electrons. The average molecular weight is 387 g/mol. The number of ketones is 1. The van der Waals surface area contributed by atoms with Crippen LogP contribution in [-0.4, -0.2) is 52.1 Å². The molecule has 1 amide bonds. The van der Waals surface area contributed by atoms with E-state index in [1.165, 1.54) is 6.08 Å². The molecule has 28 heavy (non-hydrogen) atoms. The average Bonchev–Trinajstić information content (AvgIpc) is 2.58. The van der Waals surface area contributed by atoms with Gasteiger partial charge in [0.25, 0.3) is 0 Å². The SMILES string of the molecule is CC(C)(C)OC(=O)N1CCC2(CC1)CC(=O)c1ccc(C=CC(=O)O)cc1O2. The van der Waals surface area contributed by atoms with Crippen LogP contribution in [0.2, 0.25) is 0 Å². The smallest absolute Gasteiger partial charge is 0.410 e. The first-order valence-electron chi connectivity index (χ1n) is 9.32. The van der Waals surface area contributed by atoms with E-state index in [-0.39, 0.29) is 18.3 Å². The number of piperidine rings is 1. The van der Waals surface area contributed by atoms with Gasteiger partial charge in [-0.15, -0.1) is 0 Å². The summed E-state index contributed by atoms with van der Waals surface area (Å²) >= 11 is 0. The second kappa shape index (κ2) is 7.30. The van der Waals surface area contributed by atoms with Gasteiger partial charge in [-0.25, -0.2) is 9.59 Å². The van der Waals surface area contributed by atoms with Gasteiger partial charge >= 0.3 is 12.1 Å². The highest BCUT2D eigenvalue weighted by Crippen LogP contribution is 2.40. The molecular formula is C21H25NO6. The van der Waals surface area contributed by atoms with E-state index in [1.807, 2.05) is 20.8 Å². The van der Waals surface area contributed by atoms with E-state index in [0.717, 1.165) is 6.08 Å². The van der Waals surface area contributed by atoms with E-state index < -0.39 is 17.2 Å². The fraction of sp³-hybridized carbons (Fsp3) is 0.476. The van der Waals surface area contributed by atoms with E-state index >= 15 is 0 Å². The molecule has 1 saturated heterocycles. The van der Waals surface area contributed by atoms with Crippen molar-refractivity contribution in [3.05, 3.63) is 35.4 Å². The monoisotopic (exact) mass is 387 g/mol. The van der Waals surface area contributed by atoms with Gasteiger partial charge in [-0.2, -0.15) is 0 Å². The molecular weight excluding hydrogens is 362 g/mol. The van der Waals surface area contributed by atoms with Gasteiger partial charge in [-0.1, -0.05) is 6.07 Å². The van der Waals surface area contributed by atoms with Crippen molar-refractivity contribution in [1.29, 1.82) is 0 Å². The molecule has 0 aromatic heterocycles. The van der Waals surface area contributed by atoms with E-state index in [1.54, 1.807) is 23.1 Å². The number of carbonyl (C=O) groups is 3. The molecule has 7 nitrogen and oxygen atoms in total. The highest BCUT2D eigenvalue weighted by atomic mass is 16.6. The Labute approximate surface area is 163 Å². The van der Waals surface area contributed by atoms with Gasteiger partial charge in [-0.3, -0.25) is 4.79 Å². The predicted molar refractivity (Wildman–Crippen MR) is 102 cm³/mol. The van der Waals surface area contributed by atoms with Crippen molar-refractivity contribution in [1.82, 2.24) is 4.90 Å². The molecule has 0 radical (unpaired) electrons. The zero-order chi connectivity index (χ0) is 20.5. The molecule has 7 heteroatoms. The van der Waals surface area contributed by atoms with Crippen molar-refractivity contribution in [2.45, 2.75) is 51.2 Å². The lowest BCUT2D eigenvalue weighted by Gasteiger charge is -2.44. The molecule has 1 N–H and O–H groups in total. The molecule has 1 aromatic carbocycles. The number of Topliss-reactive ketones (excluding diaryl/α,β-unsaturated/α-hetero) is 1. The number of hydrogen-bond acceptors (Lipinski definition) is 5. The Balaban J connectivity index is 1.73. The first-order valence-corrected chi connectivity index (χ1v) is 9.32. The van der Waals surface area contributed by atoms with Gasteiger partial charge in [-0.05, 0) is 44.5 Å². The van der Waals surface area contributed by atoms with Gasteiger partial charge in [0.1, 0.15) is 17.0 Å². The summed E-state index contributed by atoms with van der Waals surface area (Å²) in [5, 5.41) is 8.78. The molecule has 0 bridgehead atoms. The third-order valence-electron chi connectivity index (χ3n) is 4.86. The highest BCUT2D eigenvalue weighted by molar-refractivity contribution is 6.00. The second-order valence-corrected chi connectivity index (χ2v) is 8.28. The van der Waals surface area contributed by atoms with E-state index in [9.17, 15) is 14.4 Å². The number of carboxylic acids is 1. The molecule has 1 spiro atoms. The summed E-state index contributed by atoms with van der Waals surface area (Å²) in [4.78, 5) is 37.3. The highest BCUT2D eigenvalue weighted by Gasteiger charge is 2.44. The van der Waals surface area contributed by atoms with Crippen LogP contribution in [0.15, 0.2) is 24.3 Å². The molecule has 2 aliphatic rings. The van der Waals surface area contributed by atoms with Crippen LogP contribution in [0.3, 0.4) is 0 Å². The van der Waals surface area contributed by atoms with Gasteiger partial charge in [0.2, 0.25) is 0 Å². The van der Waals surface area contributed by atoms with Crippen molar-refractivity contribution in [2.24, 2.45) is 0 Å². The van der Waals surface area contributed by atoms with Crippen LogP contribution >= 0.6 is 0 Å². The number of carbonyl (C=O) groups excluding carboxylic acids is 2. The lowest BCUT2D eigenvalue weighted by molar-refractivity contribution is -0.131. The summed E-state index contributed by atoms with van der Waals surface area (Å²) in [7, 11) is 0. The number of likely N-dealkylation sites (tertiary alicyclic amines) is 1. The molecule has 2 heterocycles. The lowest BCUT2D eigenvalue weighted by atomic mass is 9.82. The number of amides is 1. The van der Waals surface area contributed by atoms with E-state index in [4.69, 9.17) is 14.6 Å². The predicted octanol–water partition coefficient (Wildman–Crippen LogP) is 3.52. The third kappa shape index (κ3) is 4.52. The Hall–Kier alpha value is -2.83. The minimum absolute atomic E-state index is 0.000678. The van der Waals surface area contributed by atoms with Crippen LogP contribution in [0.5, 0.6) is 5.75 Å². The zero-order valence-corrected chi connectivity index (χ0v) is 16.4. The number of fused-ring (bicyclic) bond motifs is 1. The maximum absolute atomic E-state index is 12.6. The molecule has 2 aliphatic heterocycles. The summed E-state index contributed by atoms with van der Waals surface area (Å²) in [5.41, 5.74) is -0.0371. The van der Waals surface area contributed by atoms with Crippen LogP contribution in [-0.2, 0) is 9.53 Å². The first-order chi connectivity index (χ1) is 13.1. The van der Waals surface area contributed by atoms with Crippen LogP contribution < -0.4 is 4.74 Å². The number of aliphatic carboxylic acids is 1. The quantitative estimate of drug-likeness (QED) is 0.781. The summed E-state index contributed by atoms with van der Waals surface area (Å²) < 4.78 is 11.6. The summed E-state index contributed by atoms with van der Waals surface area (Å²) in [6.45, 7) is 6.39. The van der Waals surface area contributed by atoms with Gasteiger partial charge in [0.15, 0.2) is 5.78 Å². The molecule has 3 rings (SSSR count). The maximum Gasteiger partial charge on any atom is 0.410 e. The molecule has 0 atom stereocenters. The number of benzene rings is 1. The topological polar surface area (TPSA) is 93.1 Å². The first kappa shape index (κ1) is 19.9. The number of nitrogens with zero attached hydrogens (tertiary/aromatic N) is 1. The Morgan fingerprint density at radius 3 is 2.54 bits per heavy atom. The molecule has 1 fully saturated rings. The van der Waals surface area contributed by atoms with E-state index in [0.29, 0.717) is 42.8 Å². The normalized spacial score (nSPS) is 18.7. The van der Waals surface area contributed by atoms with Crippen molar-refractivity contribution >= 4 is 23.9 Å². The number of carboxylic acid groups (broad SMARTS) is 1. The van der Waals surface area contributed by atoms with Gasteiger partial charge in [0, 0.05) is 32.0 Å². The molecule has 0 saturated carbocycles. The molecule has 0 aliphatic carbocycles. The van der Waals surface area contributed by atoms with Crippen molar-refractivity contribution < 1.29 is 29.0 Å². The fourth-order valence-corrected chi connectivity index (χ4v) is 3.48. The Morgan fingerprint density at radius 1 is 1.25 bits per heavy atom. The van der Waals surface area contributed by atoms with Crippen LogP contribution in [0, 0.1) is 0 Å². The number of ether oxygens (including phenoxy) is 2. The lowest BCUT2D eigenvalue weighted by Crippen LogP contribution is -2.53. The standard InChI is InChI=1S/C21H25NO6/c1-20(2,3)28-19(26)22-10-8-21(9-11-22)13-16(23)15-6-4-14(5-7-18(24)25)12-17(15)27-21/h4-7,12H,8-11,13H2,1-3H3,(H,24,25). The largest absolute Gasteiger partial charge is 0.486 e. The zero-order valence-electron chi connectivity index (χ0n) is 16.4. The van der Waals surface area contributed by atoms with Crippen LogP contribution in [0.25, 0.3) is 6.08 Å². The Morgan fingerprint density at radius 2 is 1.93 bits per heavy atom. The Kier molecular flexibility index (Phi) is 5.19. The van der Waals surface area contributed by atoms with E-state index in [2.05, 4.69) is 0 Å². The van der Waals surface area contributed by atoms with Crippen LogP contribution in [0.1, 0.15) is 56.0 Å². The number of rotatable bonds is 2. The van der Waals surface area contributed by atoms with Crippen molar-refractivity contribution in [3.63, 3.8) is 0 Å². The van der Waals surface area contributed by atoms with Gasteiger partial charge in [0.05, 0.1) is 12.0 Å². The minimum atomic E-state index is -1.04. The minimum Gasteiger partial charge on any atom is -0.486 e. The number of hydrogen-bond donors (Lipinski definition) is 1. The summed E-state index contributed by atoms with van der Waals surface area (Å²) in [6.07, 6.45) is 3.49. The van der Waals surface area contributed by atoms with Crippen molar-refractivity contribution in [3.8, 4) is 5.75 Å². The van der Waals surface area contributed by atoms with Crippen LogP contribution in [0.4, 0.5) is 4.79 Å². The Bertz CT molecular complexity index is 828.